The number of carbonyl (C=O) groups excluding carboxylic acids is 1. The molecule has 1 unspecified atom stereocenters. The summed E-state index contributed by atoms with van der Waals surface area (Å²) in [5, 5.41) is 11.6. The molecule has 2 rings (SSSR count). The molecule has 1 aromatic rings. The van der Waals surface area contributed by atoms with Crippen molar-refractivity contribution >= 4 is 5.91 Å². The number of rotatable bonds is 2. The van der Waals surface area contributed by atoms with Crippen LogP contribution in [0.15, 0.2) is 18.2 Å². The Morgan fingerprint density at radius 2 is 2.42 bits per heavy atom. The van der Waals surface area contributed by atoms with E-state index in [4.69, 9.17) is 9.84 Å². The van der Waals surface area contributed by atoms with Gasteiger partial charge in [-0.15, -0.1) is 0 Å². The van der Waals surface area contributed by atoms with Crippen molar-refractivity contribution in [3.8, 4) is 11.8 Å². The van der Waals surface area contributed by atoms with Crippen molar-refractivity contribution in [3.63, 3.8) is 0 Å². The summed E-state index contributed by atoms with van der Waals surface area (Å²) in [7, 11) is 0. The average molecular weight is 259 g/mol. The molecule has 4 nitrogen and oxygen atoms in total. The number of hydrogen-bond donors (Lipinski definition) is 2. The molecule has 1 heterocycles. The number of hydrogen-bond acceptors (Lipinski definition) is 3. The van der Waals surface area contributed by atoms with Gasteiger partial charge in [-0.05, 0) is 37.1 Å². The monoisotopic (exact) mass is 259 g/mol. The molecule has 1 aliphatic rings. The number of carbonyl (C=O) groups is 1. The van der Waals surface area contributed by atoms with Crippen LogP contribution < -0.4 is 5.32 Å². The van der Waals surface area contributed by atoms with Gasteiger partial charge in [0.05, 0.1) is 12.6 Å². The lowest BCUT2D eigenvalue weighted by Crippen LogP contribution is -2.35. The van der Waals surface area contributed by atoms with Crippen LogP contribution in [0.5, 0.6) is 0 Å². The maximum absolute atomic E-state index is 12.0. The SMILES string of the molecule is Cc1cc(C(=O)NC2CCOC2)ccc1C#CCO. The topological polar surface area (TPSA) is 58.6 Å². The lowest BCUT2D eigenvalue weighted by Gasteiger charge is -2.11. The van der Waals surface area contributed by atoms with Crippen molar-refractivity contribution in [1.29, 1.82) is 0 Å². The summed E-state index contributed by atoms with van der Waals surface area (Å²) in [6, 6.07) is 5.48. The van der Waals surface area contributed by atoms with Crippen LogP contribution in [-0.4, -0.2) is 36.9 Å². The van der Waals surface area contributed by atoms with E-state index in [1.807, 2.05) is 13.0 Å². The Labute approximate surface area is 112 Å². The molecule has 0 radical (unpaired) electrons. The number of aryl methyl sites for hydroxylation is 1. The summed E-state index contributed by atoms with van der Waals surface area (Å²) < 4.78 is 5.22. The highest BCUT2D eigenvalue weighted by molar-refractivity contribution is 5.94. The van der Waals surface area contributed by atoms with Crippen LogP contribution in [0.3, 0.4) is 0 Å². The van der Waals surface area contributed by atoms with Crippen LogP contribution in [0.2, 0.25) is 0 Å². The van der Waals surface area contributed by atoms with Crippen molar-refractivity contribution in [3.05, 3.63) is 34.9 Å². The number of ether oxygens (including phenoxy) is 1. The molecule has 4 heteroatoms. The van der Waals surface area contributed by atoms with Crippen molar-refractivity contribution in [2.75, 3.05) is 19.8 Å². The van der Waals surface area contributed by atoms with E-state index in [1.54, 1.807) is 12.1 Å². The Morgan fingerprint density at radius 1 is 1.58 bits per heavy atom. The normalized spacial score (nSPS) is 17.7. The van der Waals surface area contributed by atoms with E-state index >= 15 is 0 Å². The standard InChI is InChI=1S/C15H17NO3/c1-11-9-13(5-4-12(11)3-2-7-17)15(18)16-14-6-8-19-10-14/h4-5,9,14,17H,6-8,10H2,1H3,(H,16,18). The Morgan fingerprint density at radius 3 is 3.05 bits per heavy atom. The van der Waals surface area contributed by atoms with E-state index in [1.165, 1.54) is 0 Å². The summed E-state index contributed by atoms with van der Waals surface area (Å²) in [6.07, 6.45) is 0.866. The number of benzene rings is 1. The van der Waals surface area contributed by atoms with Gasteiger partial charge in [-0.25, -0.2) is 0 Å². The smallest absolute Gasteiger partial charge is 0.251 e. The molecule has 0 saturated carbocycles. The van der Waals surface area contributed by atoms with Crippen molar-refractivity contribution < 1.29 is 14.6 Å². The van der Waals surface area contributed by atoms with Gasteiger partial charge in [0.1, 0.15) is 6.61 Å². The number of aliphatic hydroxyl groups is 1. The Balaban J connectivity index is 2.08. The molecule has 0 aromatic heterocycles. The minimum Gasteiger partial charge on any atom is -0.384 e. The van der Waals surface area contributed by atoms with Gasteiger partial charge >= 0.3 is 0 Å². The Hall–Kier alpha value is -1.83. The second-order valence-electron chi connectivity index (χ2n) is 4.52. The fraction of sp³-hybridized carbons (Fsp3) is 0.400. The zero-order valence-electron chi connectivity index (χ0n) is 10.9. The van der Waals surface area contributed by atoms with Crippen LogP contribution in [-0.2, 0) is 4.74 Å². The summed E-state index contributed by atoms with van der Waals surface area (Å²) in [4.78, 5) is 12.0. The predicted octanol–water partition coefficient (Wildman–Crippen LogP) is 0.858. The lowest BCUT2D eigenvalue weighted by atomic mass is 10.0. The zero-order chi connectivity index (χ0) is 13.7. The number of amides is 1. The van der Waals surface area contributed by atoms with Gasteiger partial charge in [0.2, 0.25) is 0 Å². The molecule has 1 fully saturated rings. The summed E-state index contributed by atoms with van der Waals surface area (Å²) in [5.74, 6) is 5.37. The first-order valence-corrected chi connectivity index (χ1v) is 6.29. The molecule has 1 aliphatic heterocycles. The highest BCUT2D eigenvalue weighted by Gasteiger charge is 2.18. The molecule has 100 valence electrons. The zero-order valence-corrected chi connectivity index (χ0v) is 10.9. The predicted molar refractivity (Wildman–Crippen MR) is 71.8 cm³/mol. The third-order valence-corrected chi connectivity index (χ3v) is 3.06. The minimum absolute atomic E-state index is 0.0831. The first-order valence-electron chi connectivity index (χ1n) is 6.29. The van der Waals surface area contributed by atoms with E-state index in [0.29, 0.717) is 18.8 Å². The van der Waals surface area contributed by atoms with Crippen molar-refractivity contribution in [1.82, 2.24) is 5.32 Å². The van der Waals surface area contributed by atoms with Crippen LogP contribution in [0, 0.1) is 18.8 Å². The van der Waals surface area contributed by atoms with Gasteiger partial charge in [-0.2, -0.15) is 0 Å². The van der Waals surface area contributed by atoms with Crippen LogP contribution in [0.1, 0.15) is 27.9 Å². The third kappa shape index (κ3) is 3.57. The molecular formula is C15H17NO3. The van der Waals surface area contributed by atoms with Crippen LogP contribution >= 0.6 is 0 Å². The van der Waals surface area contributed by atoms with E-state index in [2.05, 4.69) is 17.2 Å². The molecule has 1 aromatic carbocycles. The largest absolute Gasteiger partial charge is 0.384 e. The number of nitrogens with one attached hydrogen (secondary N) is 1. The van der Waals surface area contributed by atoms with Gasteiger partial charge in [0.25, 0.3) is 5.91 Å². The van der Waals surface area contributed by atoms with E-state index in [-0.39, 0.29) is 18.6 Å². The van der Waals surface area contributed by atoms with Crippen molar-refractivity contribution in [2.45, 2.75) is 19.4 Å². The van der Waals surface area contributed by atoms with E-state index in [9.17, 15) is 4.79 Å². The van der Waals surface area contributed by atoms with E-state index in [0.717, 1.165) is 17.5 Å². The molecule has 0 spiro atoms. The highest BCUT2D eigenvalue weighted by Crippen LogP contribution is 2.11. The Kier molecular flexibility index (Phi) is 4.56. The summed E-state index contributed by atoms with van der Waals surface area (Å²) in [5.41, 5.74) is 2.38. The fourth-order valence-corrected chi connectivity index (χ4v) is 2.00. The molecular weight excluding hydrogens is 242 g/mol. The van der Waals surface area contributed by atoms with Gasteiger partial charge < -0.3 is 15.2 Å². The number of aliphatic hydroxyl groups excluding tert-OH is 1. The second-order valence-corrected chi connectivity index (χ2v) is 4.52. The summed E-state index contributed by atoms with van der Waals surface area (Å²) in [6.45, 7) is 3.03. The van der Waals surface area contributed by atoms with Gasteiger partial charge in [-0.3, -0.25) is 4.79 Å². The molecule has 0 aliphatic carbocycles. The summed E-state index contributed by atoms with van der Waals surface area (Å²) >= 11 is 0. The molecule has 1 saturated heterocycles. The van der Waals surface area contributed by atoms with E-state index < -0.39 is 0 Å². The highest BCUT2D eigenvalue weighted by atomic mass is 16.5. The molecule has 19 heavy (non-hydrogen) atoms. The molecule has 1 amide bonds. The maximum Gasteiger partial charge on any atom is 0.251 e. The first-order chi connectivity index (χ1) is 9.20. The molecule has 1 atom stereocenters. The minimum atomic E-state index is -0.163. The van der Waals surface area contributed by atoms with Crippen molar-refractivity contribution in [2.24, 2.45) is 0 Å². The lowest BCUT2D eigenvalue weighted by molar-refractivity contribution is 0.0930. The second kappa shape index (κ2) is 6.37. The maximum atomic E-state index is 12.0. The molecule has 0 bridgehead atoms. The first kappa shape index (κ1) is 13.6. The molecule has 2 N–H and O–H groups in total. The average Bonchev–Trinajstić information content (AvgIpc) is 2.90. The van der Waals surface area contributed by atoms with Gasteiger partial charge in [-0.1, -0.05) is 11.8 Å². The fourth-order valence-electron chi connectivity index (χ4n) is 2.00. The van der Waals surface area contributed by atoms with Crippen LogP contribution in [0.4, 0.5) is 0 Å². The van der Waals surface area contributed by atoms with Gasteiger partial charge in [0.15, 0.2) is 0 Å². The quantitative estimate of drug-likeness (QED) is 0.774. The third-order valence-electron chi connectivity index (χ3n) is 3.06. The van der Waals surface area contributed by atoms with Crippen LogP contribution in [0.25, 0.3) is 0 Å². The Bertz CT molecular complexity index is 522. The van der Waals surface area contributed by atoms with Gasteiger partial charge in [0, 0.05) is 17.7 Å².